The first-order chi connectivity index (χ1) is 15.6. The fraction of sp³-hybridized carbons (Fsp3) is 0.364. The number of carbonyl (C=O) groups is 1. The number of pyridine rings is 1. The fourth-order valence-electron chi connectivity index (χ4n) is 3.59. The van der Waals surface area contributed by atoms with Gasteiger partial charge in [-0.05, 0) is 55.8 Å². The van der Waals surface area contributed by atoms with Crippen LogP contribution in [-0.4, -0.2) is 52.2 Å². The molecule has 4 rings (SSSR count). The Bertz CT molecular complexity index is 1010. The summed E-state index contributed by atoms with van der Waals surface area (Å²) in [6.07, 6.45) is 3.33. The van der Waals surface area contributed by atoms with Gasteiger partial charge in [-0.2, -0.15) is 13.8 Å². The van der Waals surface area contributed by atoms with E-state index in [0.29, 0.717) is 30.5 Å². The largest absolute Gasteiger partial charge is 0.435 e. The smallest absolute Gasteiger partial charge is 0.387 e. The van der Waals surface area contributed by atoms with Gasteiger partial charge in [0.2, 0.25) is 17.6 Å². The van der Waals surface area contributed by atoms with E-state index in [1.54, 1.807) is 18.3 Å². The molecule has 0 aliphatic carbocycles. The molecule has 8 nitrogen and oxygen atoms in total. The number of ether oxygens (including phenoxy) is 1. The zero-order valence-electron chi connectivity index (χ0n) is 17.3. The van der Waals surface area contributed by atoms with Crippen molar-refractivity contribution in [1.82, 2.24) is 25.3 Å². The van der Waals surface area contributed by atoms with E-state index in [1.807, 2.05) is 18.2 Å². The zero-order chi connectivity index (χ0) is 22.3. The molecule has 3 aromatic rings. The number of hydrogen-bond donors (Lipinski definition) is 1. The summed E-state index contributed by atoms with van der Waals surface area (Å²) >= 11 is 0. The number of halogens is 2. The molecule has 1 N–H and O–H groups in total. The average Bonchev–Trinajstić information content (AvgIpc) is 3.30. The number of likely N-dealkylation sites (tertiary alicyclic amines) is 1. The summed E-state index contributed by atoms with van der Waals surface area (Å²) in [5.41, 5.74) is 1.48. The molecule has 1 aromatic carbocycles. The van der Waals surface area contributed by atoms with Gasteiger partial charge in [0, 0.05) is 18.7 Å². The lowest BCUT2D eigenvalue weighted by molar-refractivity contribution is -0.122. The van der Waals surface area contributed by atoms with Crippen LogP contribution in [0.5, 0.6) is 5.75 Å². The van der Waals surface area contributed by atoms with E-state index in [9.17, 15) is 13.6 Å². The second-order valence-electron chi connectivity index (χ2n) is 7.52. The van der Waals surface area contributed by atoms with Crippen molar-refractivity contribution in [2.45, 2.75) is 31.9 Å². The lowest BCUT2D eigenvalue weighted by Crippen LogP contribution is -2.41. The van der Waals surface area contributed by atoms with Crippen LogP contribution in [0.3, 0.4) is 0 Å². The molecule has 1 saturated heterocycles. The number of alkyl halides is 2. The second-order valence-corrected chi connectivity index (χ2v) is 7.52. The maximum Gasteiger partial charge on any atom is 0.387 e. The van der Waals surface area contributed by atoms with Gasteiger partial charge in [0.25, 0.3) is 0 Å². The summed E-state index contributed by atoms with van der Waals surface area (Å²) in [5.74, 6) is 1.25. The van der Waals surface area contributed by atoms with Crippen LogP contribution >= 0.6 is 0 Å². The predicted octanol–water partition coefficient (Wildman–Crippen LogP) is 3.23. The summed E-state index contributed by atoms with van der Waals surface area (Å²) in [6.45, 7) is -0.740. The van der Waals surface area contributed by atoms with Gasteiger partial charge in [-0.25, -0.2) is 0 Å². The number of nitrogens with zero attached hydrogens (tertiary/aromatic N) is 4. The fourth-order valence-corrected chi connectivity index (χ4v) is 3.59. The first kappa shape index (κ1) is 21.8. The van der Waals surface area contributed by atoms with Gasteiger partial charge < -0.3 is 14.6 Å². The number of carbonyl (C=O) groups excluding carboxylic acids is 1. The number of aromatic nitrogens is 3. The summed E-state index contributed by atoms with van der Waals surface area (Å²) in [5, 5.41) is 6.88. The number of rotatable bonds is 8. The minimum atomic E-state index is -2.85. The molecular weight excluding hydrogens is 420 g/mol. The first-order valence-corrected chi connectivity index (χ1v) is 10.3. The Kier molecular flexibility index (Phi) is 7.00. The van der Waals surface area contributed by atoms with Crippen LogP contribution in [0.4, 0.5) is 8.78 Å². The Morgan fingerprint density at radius 3 is 2.66 bits per heavy atom. The van der Waals surface area contributed by atoms with Crippen molar-refractivity contribution in [2.24, 2.45) is 0 Å². The number of benzene rings is 1. The molecule has 168 valence electrons. The van der Waals surface area contributed by atoms with Crippen LogP contribution in [0.25, 0.3) is 11.5 Å². The third kappa shape index (κ3) is 5.85. The number of hydrogen-bond acceptors (Lipinski definition) is 7. The van der Waals surface area contributed by atoms with Crippen molar-refractivity contribution in [3.05, 3.63) is 60.1 Å². The Hall–Kier alpha value is -3.40. The quantitative estimate of drug-likeness (QED) is 0.571. The number of nitrogens with one attached hydrogen (secondary N) is 1. The molecule has 0 unspecified atom stereocenters. The Labute approximate surface area is 183 Å². The summed E-state index contributed by atoms with van der Waals surface area (Å²) in [7, 11) is 0. The normalized spacial score (nSPS) is 15.1. The van der Waals surface area contributed by atoms with Gasteiger partial charge in [-0.1, -0.05) is 23.4 Å². The minimum Gasteiger partial charge on any atom is -0.435 e. The van der Waals surface area contributed by atoms with Gasteiger partial charge >= 0.3 is 6.61 Å². The zero-order valence-corrected chi connectivity index (χ0v) is 17.3. The van der Waals surface area contributed by atoms with E-state index in [0.717, 1.165) is 31.5 Å². The molecule has 10 heteroatoms. The van der Waals surface area contributed by atoms with Gasteiger partial charge in [0.05, 0.1) is 6.54 Å². The maximum atomic E-state index is 12.3. The van der Waals surface area contributed by atoms with Crippen LogP contribution in [-0.2, 0) is 11.3 Å². The Balaban J connectivity index is 1.20. The van der Waals surface area contributed by atoms with Crippen LogP contribution in [0.15, 0.2) is 53.2 Å². The Morgan fingerprint density at radius 1 is 1.19 bits per heavy atom. The predicted molar refractivity (Wildman–Crippen MR) is 111 cm³/mol. The highest BCUT2D eigenvalue weighted by atomic mass is 19.3. The third-order valence-electron chi connectivity index (χ3n) is 5.28. The van der Waals surface area contributed by atoms with Crippen LogP contribution in [0.1, 0.15) is 30.2 Å². The van der Waals surface area contributed by atoms with Crippen LogP contribution in [0, 0.1) is 0 Å². The van der Waals surface area contributed by atoms with Crippen molar-refractivity contribution in [3.8, 4) is 17.3 Å². The highest BCUT2D eigenvalue weighted by Gasteiger charge is 2.26. The molecule has 1 fully saturated rings. The topological polar surface area (TPSA) is 93.4 Å². The minimum absolute atomic E-state index is 0.0892. The molecule has 1 aliphatic rings. The molecule has 0 radical (unpaired) electrons. The molecule has 2 aromatic heterocycles. The number of piperidine rings is 1. The first-order valence-electron chi connectivity index (χ1n) is 10.3. The molecule has 3 heterocycles. The van der Waals surface area contributed by atoms with Gasteiger partial charge in [0.1, 0.15) is 11.4 Å². The summed E-state index contributed by atoms with van der Waals surface area (Å²) in [4.78, 5) is 23.1. The molecule has 0 spiro atoms. The van der Waals surface area contributed by atoms with E-state index in [-0.39, 0.29) is 17.6 Å². The average molecular weight is 443 g/mol. The highest BCUT2D eigenvalue weighted by Crippen LogP contribution is 2.28. The van der Waals surface area contributed by atoms with Crippen LogP contribution in [0.2, 0.25) is 0 Å². The van der Waals surface area contributed by atoms with Gasteiger partial charge in [-0.15, -0.1) is 0 Å². The monoisotopic (exact) mass is 443 g/mol. The van der Waals surface area contributed by atoms with Gasteiger partial charge in [-0.3, -0.25) is 14.7 Å². The van der Waals surface area contributed by atoms with Crippen molar-refractivity contribution >= 4 is 5.91 Å². The molecule has 0 saturated carbocycles. The van der Waals surface area contributed by atoms with Crippen molar-refractivity contribution in [2.75, 3.05) is 19.6 Å². The lowest BCUT2D eigenvalue weighted by atomic mass is 9.97. The lowest BCUT2D eigenvalue weighted by Gasteiger charge is -2.29. The standard InChI is InChI=1S/C22H23F2N5O3/c23-22(24)31-17-6-4-15(5-7-17)13-26-19(30)14-29-11-8-16(9-12-29)21-27-20(28-32-21)18-3-1-2-10-25-18/h1-7,10,16,22H,8-9,11-14H2,(H,26,30). The van der Waals surface area contributed by atoms with E-state index in [1.165, 1.54) is 12.1 Å². The SMILES string of the molecule is O=C(CN1CCC(c2nc(-c3ccccn3)no2)CC1)NCc1ccc(OC(F)F)cc1. The molecular formula is C22H23F2N5O3. The van der Waals surface area contributed by atoms with Crippen molar-refractivity contribution in [3.63, 3.8) is 0 Å². The number of amides is 1. The highest BCUT2D eigenvalue weighted by molar-refractivity contribution is 5.78. The molecule has 1 amide bonds. The van der Waals surface area contributed by atoms with E-state index >= 15 is 0 Å². The molecule has 1 aliphatic heterocycles. The van der Waals surface area contributed by atoms with E-state index in [4.69, 9.17) is 4.52 Å². The third-order valence-corrected chi connectivity index (χ3v) is 5.28. The van der Waals surface area contributed by atoms with E-state index < -0.39 is 6.61 Å². The molecule has 0 bridgehead atoms. The van der Waals surface area contributed by atoms with Gasteiger partial charge in [0.15, 0.2) is 0 Å². The Morgan fingerprint density at radius 2 is 1.97 bits per heavy atom. The van der Waals surface area contributed by atoms with Crippen LogP contribution < -0.4 is 10.1 Å². The second kappa shape index (κ2) is 10.3. The van der Waals surface area contributed by atoms with E-state index in [2.05, 4.69) is 30.1 Å². The molecule has 0 atom stereocenters. The van der Waals surface area contributed by atoms with Crippen molar-refractivity contribution in [1.29, 1.82) is 0 Å². The maximum absolute atomic E-state index is 12.3. The summed E-state index contributed by atoms with van der Waals surface area (Å²) < 4.78 is 34.1. The van der Waals surface area contributed by atoms with Crippen molar-refractivity contribution < 1.29 is 22.8 Å². The molecule has 32 heavy (non-hydrogen) atoms. The summed E-state index contributed by atoms with van der Waals surface area (Å²) in [6, 6.07) is 11.7.